The van der Waals surface area contributed by atoms with Crippen molar-refractivity contribution in [1.29, 1.82) is 5.26 Å². The van der Waals surface area contributed by atoms with Crippen LogP contribution >= 0.6 is 0 Å². The molecule has 0 aromatic rings. The number of nitrogens with zero attached hydrogens (tertiary/aromatic N) is 2. The number of nitrogens with one attached hydrogen (secondary N) is 2. The second-order valence-electron chi connectivity index (χ2n) is 7.86. The largest absolute Gasteiger partial charge is 0.317 e. The van der Waals surface area contributed by atoms with Crippen LogP contribution < -0.4 is 10.6 Å². The first kappa shape index (κ1) is 15.3. The molecule has 2 bridgehead atoms. The molecule has 0 radical (unpaired) electrons. The van der Waals surface area contributed by atoms with Gasteiger partial charge in [0.2, 0.25) is 0 Å². The summed E-state index contributed by atoms with van der Waals surface area (Å²) >= 11 is 0. The van der Waals surface area contributed by atoms with E-state index in [1.807, 2.05) is 0 Å². The van der Waals surface area contributed by atoms with E-state index in [1.54, 1.807) is 0 Å². The molecule has 3 aliphatic carbocycles. The van der Waals surface area contributed by atoms with Crippen LogP contribution in [-0.2, 0) is 0 Å². The number of rotatable bonds is 4. The van der Waals surface area contributed by atoms with Gasteiger partial charge >= 0.3 is 0 Å². The first-order valence-corrected chi connectivity index (χ1v) is 8.51. The summed E-state index contributed by atoms with van der Waals surface area (Å²) in [5, 5.41) is 16.1. The Labute approximate surface area is 129 Å². The molecule has 4 rings (SSSR count). The maximum Gasteiger partial charge on any atom is 0.0638 e. The average molecular weight is 290 g/mol. The standard InChI is InChI=1S/C17H30N4/c1-11(2)17-7-13(14(8-17)19-3)16(17)15-9-20-12(5-6-18)10-21(15)4/h11-16,19-20H,5,7-10H2,1-4H3/t12-,13?,14+,15?,16?,17?/m0/s1. The van der Waals surface area contributed by atoms with Crippen molar-refractivity contribution in [2.75, 3.05) is 27.2 Å². The lowest BCUT2D eigenvalue weighted by molar-refractivity contribution is -0.0769. The molecule has 2 N–H and O–H groups in total. The molecular weight excluding hydrogens is 260 g/mol. The molecule has 4 heteroatoms. The van der Waals surface area contributed by atoms with E-state index >= 15 is 0 Å². The van der Waals surface area contributed by atoms with Crippen molar-refractivity contribution >= 4 is 0 Å². The van der Waals surface area contributed by atoms with E-state index in [0.29, 0.717) is 30.0 Å². The van der Waals surface area contributed by atoms with Crippen LogP contribution in [0.15, 0.2) is 0 Å². The third kappa shape index (κ3) is 2.21. The summed E-state index contributed by atoms with van der Waals surface area (Å²) in [4.78, 5) is 2.53. The topological polar surface area (TPSA) is 51.1 Å². The number of fused-ring (bicyclic) bond motifs is 1. The molecule has 21 heavy (non-hydrogen) atoms. The molecule has 118 valence electrons. The maximum absolute atomic E-state index is 8.89. The number of hydrogen-bond donors (Lipinski definition) is 2. The fourth-order valence-corrected chi connectivity index (χ4v) is 5.62. The lowest BCUT2D eigenvalue weighted by atomic mass is 9.52. The van der Waals surface area contributed by atoms with Crippen molar-refractivity contribution in [2.45, 2.75) is 51.2 Å². The van der Waals surface area contributed by atoms with E-state index in [1.165, 1.54) is 12.8 Å². The summed E-state index contributed by atoms with van der Waals surface area (Å²) in [5.41, 5.74) is 0.543. The molecule has 4 fully saturated rings. The van der Waals surface area contributed by atoms with Crippen molar-refractivity contribution in [3.63, 3.8) is 0 Å². The second-order valence-corrected chi connectivity index (χ2v) is 7.86. The van der Waals surface area contributed by atoms with Crippen LogP contribution in [0.25, 0.3) is 0 Å². The minimum atomic E-state index is 0.351. The highest BCUT2D eigenvalue weighted by Gasteiger charge is 2.66. The van der Waals surface area contributed by atoms with Gasteiger partial charge < -0.3 is 15.5 Å². The smallest absolute Gasteiger partial charge is 0.0638 e. The molecule has 0 aromatic carbocycles. The van der Waals surface area contributed by atoms with Crippen LogP contribution in [0.2, 0.25) is 0 Å². The third-order valence-electron chi connectivity index (χ3n) is 6.82. The van der Waals surface area contributed by atoms with Gasteiger partial charge in [0.05, 0.1) is 12.5 Å². The fraction of sp³-hybridized carbons (Fsp3) is 0.941. The lowest BCUT2D eigenvalue weighted by Gasteiger charge is -2.57. The van der Waals surface area contributed by atoms with E-state index in [9.17, 15) is 0 Å². The molecule has 4 unspecified atom stereocenters. The van der Waals surface area contributed by atoms with E-state index in [4.69, 9.17) is 5.26 Å². The van der Waals surface area contributed by atoms with Gasteiger partial charge in [-0.2, -0.15) is 5.26 Å². The van der Waals surface area contributed by atoms with Crippen LogP contribution in [0.3, 0.4) is 0 Å². The van der Waals surface area contributed by atoms with Crippen molar-refractivity contribution < 1.29 is 0 Å². The Hall–Kier alpha value is -0.630. The number of hydrogen-bond acceptors (Lipinski definition) is 4. The van der Waals surface area contributed by atoms with E-state index in [2.05, 4.69) is 49.5 Å². The zero-order chi connectivity index (χ0) is 15.2. The third-order valence-corrected chi connectivity index (χ3v) is 6.82. The van der Waals surface area contributed by atoms with Crippen LogP contribution in [0.1, 0.15) is 33.1 Å². The van der Waals surface area contributed by atoms with E-state index in [-0.39, 0.29) is 0 Å². The predicted molar refractivity (Wildman–Crippen MR) is 84.8 cm³/mol. The van der Waals surface area contributed by atoms with Crippen molar-refractivity contribution in [3.05, 3.63) is 0 Å². The molecule has 4 aliphatic rings. The Bertz CT molecular complexity index is 429. The predicted octanol–water partition coefficient (Wildman–Crippen LogP) is 1.44. The average Bonchev–Trinajstić information content (AvgIpc) is 2.96. The quantitative estimate of drug-likeness (QED) is 0.823. The van der Waals surface area contributed by atoms with Crippen LogP contribution in [0.4, 0.5) is 0 Å². The highest BCUT2D eigenvalue weighted by Crippen LogP contribution is 2.68. The highest BCUT2D eigenvalue weighted by atomic mass is 15.2. The minimum Gasteiger partial charge on any atom is -0.317 e. The number of piperazine rings is 1. The summed E-state index contributed by atoms with van der Waals surface area (Å²) in [6, 6.07) is 4.00. The van der Waals surface area contributed by atoms with Gasteiger partial charge in [-0.25, -0.2) is 0 Å². The zero-order valence-corrected chi connectivity index (χ0v) is 13.9. The molecule has 6 atom stereocenters. The second kappa shape index (κ2) is 5.53. The van der Waals surface area contributed by atoms with Crippen LogP contribution in [0, 0.1) is 34.5 Å². The molecule has 0 spiro atoms. The number of likely N-dealkylation sites (N-methyl/N-ethyl adjacent to an activating group) is 1. The van der Waals surface area contributed by atoms with Gasteiger partial charge in [0.25, 0.3) is 0 Å². The van der Waals surface area contributed by atoms with Gasteiger partial charge in [-0.15, -0.1) is 0 Å². The summed E-state index contributed by atoms with van der Waals surface area (Å²) in [6.07, 6.45) is 3.38. The first-order valence-electron chi connectivity index (χ1n) is 8.51. The monoisotopic (exact) mass is 290 g/mol. The van der Waals surface area contributed by atoms with Gasteiger partial charge in [0.15, 0.2) is 0 Å². The van der Waals surface area contributed by atoms with Gasteiger partial charge in [0.1, 0.15) is 0 Å². The molecule has 1 heterocycles. The zero-order valence-electron chi connectivity index (χ0n) is 13.9. The van der Waals surface area contributed by atoms with Gasteiger partial charge in [0, 0.05) is 31.2 Å². The van der Waals surface area contributed by atoms with Crippen molar-refractivity contribution in [2.24, 2.45) is 23.2 Å². The Morgan fingerprint density at radius 1 is 1.43 bits per heavy atom. The van der Waals surface area contributed by atoms with Gasteiger partial charge in [-0.3, -0.25) is 0 Å². The van der Waals surface area contributed by atoms with E-state index in [0.717, 1.165) is 30.8 Å². The van der Waals surface area contributed by atoms with Crippen LogP contribution in [0.5, 0.6) is 0 Å². The summed E-state index contributed by atoms with van der Waals surface area (Å²) in [6.45, 7) is 6.89. The lowest BCUT2D eigenvalue weighted by Crippen LogP contribution is -2.64. The highest BCUT2D eigenvalue weighted by molar-refractivity contribution is 5.18. The van der Waals surface area contributed by atoms with Gasteiger partial charge in [-0.1, -0.05) is 13.8 Å². The SMILES string of the molecule is CN[C@@H]1CC2(C(C)C)CC1C2C1CN[C@@H](CC#N)CN1C. The Kier molecular flexibility index (Phi) is 4.02. The fourth-order valence-electron chi connectivity index (χ4n) is 5.62. The molecule has 0 amide bonds. The van der Waals surface area contributed by atoms with Crippen LogP contribution in [-0.4, -0.2) is 50.2 Å². The summed E-state index contributed by atoms with van der Waals surface area (Å²) in [5.74, 6) is 2.43. The van der Waals surface area contributed by atoms with Gasteiger partial charge in [-0.05, 0) is 50.1 Å². The normalized spacial score (nSPS) is 46.4. The molecule has 0 aromatic heterocycles. The molecule has 4 nitrogen and oxygen atoms in total. The Balaban J connectivity index is 1.74. The molecule has 3 saturated carbocycles. The molecular formula is C17H30N4. The summed E-state index contributed by atoms with van der Waals surface area (Å²) < 4.78 is 0. The molecule has 1 aliphatic heterocycles. The van der Waals surface area contributed by atoms with E-state index < -0.39 is 0 Å². The van der Waals surface area contributed by atoms with Crippen molar-refractivity contribution in [1.82, 2.24) is 15.5 Å². The Morgan fingerprint density at radius 3 is 2.76 bits per heavy atom. The summed E-state index contributed by atoms with van der Waals surface area (Å²) in [7, 11) is 4.39. The minimum absolute atomic E-state index is 0.351. The Morgan fingerprint density at radius 2 is 2.19 bits per heavy atom. The maximum atomic E-state index is 8.89. The number of nitriles is 1. The van der Waals surface area contributed by atoms with Crippen molar-refractivity contribution in [3.8, 4) is 6.07 Å². The first-order chi connectivity index (χ1) is 10.0. The molecule has 1 saturated heterocycles.